The zero-order chi connectivity index (χ0) is 17.3. The minimum absolute atomic E-state index is 0.111. The third-order valence-corrected chi connectivity index (χ3v) is 4.02. The van der Waals surface area contributed by atoms with E-state index in [4.69, 9.17) is 29.5 Å². The predicted octanol–water partition coefficient (Wildman–Crippen LogP) is 3.92. The molecule has 0 spiro atoms. The van der Waals surface area contributed by atoms with Crippen LogP contribution in [0.3, 0.4) is 0 Å². The molecule has 0 atom stereocenters. The number of pyridine rings is 1. The number of phenolic OH excluding ortho intramolecular Hbond substituents is 1. The Morgan fingerprint density at radius 3 is 2.46 bits per heavy atom. The minimum Gasteiger partial charge on any atom is -0.507 e. The summed E-state index contributed by atoms with van der Waals surface area (Å²) in [7, 11) is 0. The van der Waals surface area contributed by atoms with Gasteiger partial charge in [0.05, 0.1) is 22.0 Å². The summed E-state index contributed by atoms with van der Waals surface area (Å²) in [6, 6.07) is 13.9. The van der Waals surface area contributed by atoms with E-state index in [0.29, 0.717) is 33.1 Å². The molecular weight excluding hydrogens is 322 g/mol. The van der Waals surface area contributed by atoms with Crippen molar-refractivity contribution in [1.29, 1.82) is 0 Å². The molecule has 3 rings (SSSR count). The molecular formula is C19H14ClN3O. The number of aromatic nitrogens is 1. The maximum atomic E-state index is 10.1. The van der Waals surface area contributed by atoms with E-state index in [1.807, 2.05) is 12.1 Å². The van der Waals surface area contributed by atoms with Crippen LogP contribution >= 0.6 is 11.6 Å². The molecule has 2 aromatic carbocycles. The van der Waals surface area contributed by atoms with E-state index in [9.17, 15) is 5.11 Å². The topological polar surface area (TPSA) is 85.2 Å². The lowest BCUT2D eigenvalue weighted by molar-refractivity contribution is 0.477. The third kappa shape index (κ3) is 2.73. The van der Waals surface area contributed by atoms with Gasteiger partial charge in [0, 0.05) is 11.1 Å². The number of terminal acetylenes is 1. The lowest BCUT2D eigenvalue weighted by Gasteiger charge is -2.12. The summed E-state index contributed by atoms with van der Waals surface area (Å²) in [4.78, 5) is 4.32. The van der Waals surface area contributed by atoms with E-state index in [0.717, 1.165) is 5.56 Å². The maximum Gasteiger partial charge on any atom is 0.140 e. The second-order valence-electron chi connectivity index (χ2n) is 5.21. The highest BCUT2D eigenvalue weighted by atomic mass is 35.5. The number of anilines is 2. The van der Waals surface area contributed by atoms with Crippen molar-refractivity contribution in [3.63, 3.8) is 0 Å². The summed E-state index contributed by atoms with van der Waals surface area (Å²) < 4.78 is 0. The van der Waals surface area contributed by atoms with Crippen molar-refractivity contribution in [2.24, 2.45) is 0 Å². The number of rotatable bonds is 2. The monoisotopic (exact) mass is 335 g/mol. The van der Waals surface area contributed by atoms with E-state index in [-0.39, 0.29) is 11.6 Å². The molecule has 0 amide bonds. The molecule has 0 saturated heterocycles. The third-order valence-electron chi connectivity index (χ3n) is 3.68. The first kappa shape index (κ1) is 15.7. The van der Waals surface area contributed by atoms with Crippen LogP contribution in [0.25, 0.3) is 22.4 Å². The molecule has 0 saturated carbocycles. The number of nitrogens with zero attached hydrogens (tertiary/aromatic N) is 1. The Morgan fingerprint density at radius 1 is 1.04 bits per heavy atom. The summed E-state index contributed by atoms with van der Waals surface area (Å²) in [5.74, 6) is 2.89. The van der Waals surface area contributed by atoms with Crippen LogP contribution in [0.4, 0.5) is 11.5 Å². The average Bonchev–Trinajstić information content (AvgIpc) is 2.57. The van der Waals surface area contributed by atoms with E-state index < -0.39 is 0 Å². The minimum atomic E-state index is 0.111. The average molecular weight is 336 g/mol. The molecule has 24 heavy (non-hydrogen) atoms. The number of nitrogens with two attached hydrogens (primary N) is 2. The molecule has 3 aromatic rings. The van der Waals surface area contributed by atoms with Gasteiger partial charge in [-0.2, -0.15) is 0 Å². The van der Waals surface area contributed by atoms with Gasteiger partial charge in [-0.3, -0.25) is 0 Å². The van der Waals surface area contributed by atoms with Crippen molar-refractivity contribution in [2.75, 3.05) is 11.5 Å². The number of phenols is 1. The van der Waals surface area contributed by atoms with E-state index >= 15 is 0 Å². The van der Waals surface area contributed by atoms with E-state index in [1.165, 1.54) is 0 Å². The van der Waals surface area contributed by atoms with Crippen LogP contribution in [0.15, 0.2) is 48.5 Å². The summed E-state index contributed by atoms with van der Waals surface area (Å²) >= 11 is 5.99. The summed E-state index contributed by atoms with van der Waals surface area (Å²) in [6.07, 6.45) is 5.60. The molecule has 5 heteroatoms. The van der Waals surface area contributed by atoms with Crippen molar-refractivity contribution in [3.8, 4) is 40.5 Å². The molecule has 0 fully saturated rings. The van der Waals surface area contributed by atoms with Gasteiger partial charge in [0.15, 0.2) is 0 Å². The first-order valence-electron chi connectivity index (χ1n) is 7.12. The fraction of sp³-hybridized carbons (Fsp3) is 0. The molecule has 118 valence electrons. The SMILES string of the molecule is C#Cc1c(-c2ccc(Cl)c(N)c2)cc(-c2ccccc2O)nc1N. The van der Waals surface area contributed by atoms with Crippen LogP contribution in [-0.4, -0.2) is 10.1 Å². The van der Waals surface area contributed by atoms with Gasteiger partial charge in [-0.25, -0.2) is 4.98 Å². The second-order valence-corrected chi connectivity index (χ2v) is 5.62. The van der Waals surface area contributed by atoms with Gasteiger partial charge in [0.25, 0.3) is 0 Å². The van der Waals surface area contributed by atoms with Crippen LogP contribution < -0.4 is 11.5 Å². The number of aromatic hydroxyl groups is 1. The number of benzene rings is 2. The Kier molecular flexibility index (Phi) is 4.03. The second kappa shape index (κ2) is 6.15. The fourth-order valence-corrected chi connectivity index (χ4v) is 2.60. The zero-order valence-electron chi connectivity index (χ0n) is 12.6. The number of halogens is 1. The highest BCUT2D eigenvalue weighted by Gasteiger charge is 2.14. The van der Waals surface area contributed by atoms with Crippen molar-refractivity contribution < 1.29 is 5.11 Å². The molecule has 1 aromatic heterocycles. The molecule has 0 aliphatic rings. The summed E-state index contributed by atoms with van der Waals surface area (Å²) in [5.41, 5.74) is 15.4. The fourth-order valence-electron chi connectivity index (χ4n) is 2.48. The molecule has 0 bridgehead atoms. The van der Waals surface area contributed by atoms with Gasteiger partial charge in [-0.1, -0.05) is 35.7 Å². The number of para-hydroxylation sites is 1. The molecule has 0 unspecified atom stereocenters. The molecule has 0 aliphatic heterocycles. The summed E-state index contributed by atoms with van der Waals surface area (Å²) in [6.45, 7) is 0. The maximum absolute atomic E-state index is 10.1. The quantitative estimate of drug-likeness (QED) is 0.489. The van der Waals surface area contributed by atoms with Gasteiger partial charge in [-0.15, -0.1) is 6.42 Å². The Bertz CT molecular complexity index is 977. The normalized spacial score (nSPS) is 10.3. The smallest absolute Gasteiger partial charge is 0.140 e. The van der Waals surface area contributed by atoms with Crippen LogP contribution in [0, 0.1) is 12.3 Å². The standard InChI is InChI=1S/C19H14ClN3O/c1-2-12-14(11-7-8-15(20)16(21)9-11)10-17(23-19(12)22)13-5-3-4-6-18(13)24/h1,3-10,24H,21H2,(H2,22,23). The Labute approximate surface area is 144 Å². The molecule has 0 aliphatic carbocycles. The molecule has 5 N–H and O–H groups in total. The number of hydrogen-bond donors (Lipinski definition) is 3. The van der Waals surface area contributed by atoms with Crippen molar-refractivity contribution in [3.05, 3.63) is 59.1 Å². The molecule has 1 heterocycles. The van der Waals surface area contributed by atoms with Crippen molar-refractivity contribution >= 4 is 23.1 Å². The van der Waals surface area contributed by atoms with Crippen LogP contribution in [0.2, 0.25) is 5.02 Å². The lowest BCUT2D eigenvalue weighted by Crippen LogP contribution is -2.00. The van der Waals surface area contributed by atoms with E-state index in [1.54, 1.807) is 36.4 Å². The van der Waals surface area contributed by atoms with Crippen LogP contribution in [0.5, 0.6) is 5.75 Å². The van der Waals surface area contributed by atoms with Gasteiger partial charge < -0.3 is 16.6 Å². The van der Waals surface area contributed by atoms with Gasteiger partial charge >= 0.3 is 0 Å². The largest absolute Gasteiger partial charge is 0.507 e. The Balaban J connectivity index is 2.27. The zero-order valence-corrected chi connectivity index (χ0v) is 13.4. The molecule has 0 radical (unpaired) electrons. The summed E-state index contributed by atoms with van der Waals surface area (Å²) in [5, 5.41) is 10.5. The Hall–Kier alpha value is -3.16. The van der Waals surface area contributed by atoms with Gasteiger partial charge in [-0.05, 0) is 35.9 Å². The van der Waals surface area contributed by atoms with Crippen molar-refractivity contribution in [1.82, 2.24) is 4.98 Å². The molecule has 4 nitrogen and oxygen atoms in total. The highest BCUT2D eigenvalue weighted by Crippen LogP contribution is 2.35. The van der Waals surface area contributed by atoms with Crippen LogP contribution in [0.1, 0.15) is 5.56 Å². The first-order valence-corrected chi connectivity index (χ1v) is 7.50. The lowest BCUT2D eigenvalue weighted by atomic mass is 9.97. The predicted molar refractivity (Wildman–Crippen MR) is 98.5 cm³/mol. The van der Waals surface area contributed by atoms with E-state index in [2.05, 4.69) is 10.9 Å². The number of hydrogen-bond acceptors (Lipinski definition) is 4. The van der Waals surface area contributed by atoms with Gasteiger partial charge in [0.2, 0.25) is 0 Å². The number of nitrogen functional groups attached to an aromatic ring is 2. The first-order chi connectivity index (χ1) is 11.5. The Morgan fingerprint density at radius 2 is 1.79 bits per heavy atom. The van der Waals surface area contributed by atoms with Crippen LogP contribution in [-0.2, 0) is 0 Å². The van der Waals surface area contributed by atoms with Crippen molar-refractivity contribution in [2.45, 2.75) is 0 Å². The van der Waals surface area contributed by atoms with Gasteiger partial charge in [0.1, 0.15) is 11.6 Å². The highest BCUT2D eigenvalue weighted by molar-refractivity contribution is 6.33.